The van der Waals surface area contributed by atoms with E-state index in [1.165, 1.54) is 18.5 Å². The molecule has 30 heavy (non-hydrogen) atoms. The molecule has 0 aliphatic carbocycles. The van der Waals surface area contributed by atoms with Crippen molar-refractivity contribution in [2.75, 3.05) is 31.1 Å². The molecule has 0 unspecified atom stereocenters. The third-order valence-electron chi connectivity index (χ3n) is 5.16. The van der Waals surface area contributed by atoms with E-state index in [9.17, 15) is 9.18 Å². The summed E-state index contributed by atoms with van der Waals surface area (Å²) in [5.41, 5.74) is 2.48. The van der Waals surface area contributed by atoms with Gasteiger partial charge in [0.05, 0.1) is 5.69 Å². The van der Waals surface area contributed by atoms with Crippen molar-refractivity contribution in [3.05, 3.63) is 72.3 Å². The Balaban J connectivity index is 1.36. The minimum absolute atomic E-state index is 0.169. The van der Waals surface area contributed by atoms with Gasteiger partial charge in [-0.25, -0.2) is 14.4 Å². The lowest BCUT2D eigenvalue weighted by Crippen LogP contribution is -2.49. The predicted molar refractivity (Wildman–Crippen MR) is 109 cm³/mol. The Labute approximate surface area is 171 Å². The van der Waals surface area contributed by atoms with Crippen LogP contribution in [0.1, 0.15) is 10.4 Å². The summed E-state index contributed by atoms with van der Waals surface area (Å²) in [6.45, 7) is 2.19. The highest BCUT2D eigenvalue weighted by Gasteiger charge is 2.25. The average Bonchev–Trinajstić information content (AvgIpc) is 3.24. The Morgan fingerprint density at radius 3 is 2.50 bits per heavy atom. The number of piperazine rings is 1. The highest BCUT2D eigenvalue weighted by molar-refractivity contribution is 5.94. The number of halogens is 1. The summed E-state index contributed by atoms with van der Waals surface area (Å²) in [4.78, 5) is 25.2. The maximum absolute atomic E-state index is 13.4. The molecule has 2 aromatic carbocycles. The van der Waals surface area contributed by atoms with Gasteiger partial charge >= 0.3 is 0 Å². The molecule has 1 amide bonds. The van der Waals surface area contributed by atoms with Crippen LogP contribution >= 0.6 is 0 Å². The van der Waals surface area contributed by atoms with E-state index in [1.807, 2.05) is 30.3 Å². The summed E-state index contributed by atoms with van der Waals surface area (Å²) in [6.07, 6.45) is 1.50. The monoisotopic (exact) mass is 403 g/mol. The molecular formula is C21H18FN7O. The molecule has 5 rings (SSSR count). The number of carbonyl (C=O) groups excluding carboxylic acids is 1. The predicted octanol–water partition coefficient (Wildman–Crippen LogP) is 2.31. The number of nitrogens with zero attached hydrogens (tertiary/aromatic N) is 7. The molecule has 0 radical (unpaired) electrons. The second-order valence-electron chi connectivity index (χ2n) is 7.00. The van der Waals surface area contributed by atoms with Gasteiger partial charge in [0.2, 0.25) is 0 Å². The third kappa shape index (κ3) is 3.24. The van der Waals surface area contributed by atoms with Crippen LogP contribution in [-0.2, 0) is 0 Å². The smallest absolute Gasteiger partial charge is 0.254 e. The van der Waals surface area contributed by atoms with E-state index in [-0.39, 0.29) is 5.91 Å². The van der Waals surface area contributed by atoms with Gasteiger partial charge in [-0.3, -0.25) is 4.79 Å². The summed E-state index contributed by atoms with van der Waals surface area (Å²) < 4.78 is 15.1. The van der Waals surface area contributed by atoms with Crippen molar-refractivity contribution in [1.29, 1.82) is 0 Å². The molecule has 0 atom stereocenters. The van der Waals surface area contributed by atoms with Gasteiger partial charge in [-0.05, 0) is 30.3 Å². The Morgan fingerprint density at radius 2 is 1.73 bits per heavy atom. The van der Waals surface area contributed by atoms with Gasteiger partial charge in [0, 0.05) is 31.7 Å². The standard InChI is InChI=1S/C21H18FN7O/c22-16-6-4-5-15(13-16)21(30)28-11-9-27(10-12-28)19-18-20(24-14-23-19)29(26-25-18)17-7-2-1-3-8-17/h1-8,13-14H,9-12H2. The van der Waals surface area contributed by atoms with Crippen molar-refractivity contribution in [2.45, 2.75) is 0 Å². The number of benzene rings is 2. The maximum Gasteiger partial charge on any atom is 0.254 e. The lowest BCUT2D eigenvalue weighted by atomic mass is 10.1. The van der Waals surface area contributed by atoms with Crippen LogP contribution < -0.4 is 4.90 Å². The molecule has 1 saturated heterocycles. The summed E-state index contributed by atoms with van der Waals surface area (Å²) >= 11 is 0. The van der Waals surface area contributed by atoms with E-state index in [1.54, 1.807) is 21.7 Å². The van der Waals surface area contributed by atoms with E-state index in [2.05, 4.69) is 25.2 Å². The molecular weight excluding hydrogens is 385 g/mol. The Hall–Kier alpha value is -3.88. The summed E-state index contributed by atoms with van der Waals surface area (Å²) in [7, 11) is 0. The first-order valence-corrected chi connectivity index (χ1v) is 9.62. The van der Waals surface area contributed by atoms with Gasteiger partial charge in [-0.1, -0.05) is 29.5 Å². The minimum atomic E-state index is -0.413. The number of fused-ring (bicyclic) bond motifs is 1. The molecule has 0 saturated carbocycles. The van der Waals surface area contributed by atoms with Crippen molar-refractivity contribution >= 4 is 22.9 Å². The molecule has 0 bridgehead atoms. The number of amides is 1. The first-order valence-electron chi connectivity index (χ1n) is 9.62. The number of anilines is 1. The molecule has 2 aromatic heterocycles. The maximum atomic E-state index is 13.4. The first-order chi connectivity index (χ1) is 14.7. The fourth-order valence-corrected chi connectivity index (χ4v) is 3.64. The Kier molecular flexibility index (Phi) is 4.55. The van der Waals surface area contributed by atoms with Gasteiger partial charge in [-0.2, -0.15) is 4.68 Å². The van der Waals surface area contributed by atoms with Crippen molar-refractivity contribution in [1.82, 2.24) is 29.9 Å². The van der Waals surface area contributed by atoms with E-state index in [0.29, 0.717) is 48.7 Å². The van der Waals surface area contributed by atoms with E-state index in [4.69, 9.17) is 0 Å². The topological polar surface area (TPSA) is 80.0 Å². The van der Waals surface area contributed by atoms with Crippen LogP contribution in [0.15, 0.2) is 60.9 Å². The van der Waals surface area contributed by atoms with Crippen LogP contribution in [0.5, 0.6) is 0 Å². The fraction of sp³-hybridized carbons (Fsp3) is 0.190. The van der Waals surface area contributed by atoms with Crippen LogP contribution in [0.2, 0.25) is 0 Å². The van der Waals surface area contributed by atoms with Gasteiger partial charge in [-0.15, -0.1) is 5.10 Å². The van der Waals surface area contributed by atoms with Crippen LogP contribution in [0.4, 0.5) is 10.2 Å². The molecule has 0 spiro atoms. The number of para-hydroxylation sites is 1. The normalized spacial score (nSPS) is 14.3. The van der Waals surface area contributed by atoms with Crippen molar-refractivity contribution in [3.8, 4) is 5.69 Å². The van der Waals surface area contributed by atoms with Crippen LogP contribution in [0.25, 0.3) is 16.9 Å². The second-order valence-corrected chi connectivity index (χ2v) is 7.00. The molecule has 1 fully saturated rings. The Bertz CT molecular complexity index is 1200. The number of aromatic nitrogens is 5. The van der Waals surface area contributed by atoms with Gasteiger partial charge in [0.15, 0.2) is 17.0 Å². The number of hydrogen-bond acceptors (Lipinski definition) is 6. The molecule has 1 aliphatic heterocycles. The lowest BCUT2D eigenvalue weighted by Gasteiger charge is -2.35. The van der Waals surface area contributed by atoms with E-state index in [0.717, 1.165) is 5.69 Å². The van der Waals surface area contributed by atoms with Crippen molar-refractivity contribution < 1.29 is 9.18 Å². The number of carbonyl (C=O) groups is 1. The third-order valence-corrected chi connectivity index (χ3v) is 5.16. The second kappa shape index (κ2) is 7.51. The summed E-state index contributed by atoms with van der Waals surface area (Å²) in [5.74, 6) is 0.112. The molecule has 150 valence electrons. The van der Waals surface area contributed by atoms with Crippen LogP contribution in [0, 0.1) is 5.82 Å². The fourth-order valence-electron chi connectivity index (χ4n) is 3.64. The average molecular weight is 403 g/mol. The van der Waals surface area contributed by atoms with E-state index >= 15 is 0 Å². The molecule has 9 heteroatoms. The highest BCUT2D eigenvalue weighted by Crippen LogP contribution is 2.24. The van der Waals surface area contributed by atoms with Gasteiger partial charge in [0.25, 0.3) is 5.91 Å². The van der Waals surface area contributed by atoms with Crippen molar-refractivity contribution in [3.63, 3.8) is 0 Å². The molecule has 4 aromatic rings. The zero-order valence-corrected chi connectivity index (χ0v) is 16.0. The van der Waals surface area contributed by atoms with E-state index < -0.39 is 5.82 Å². The zero-order chi connectivity index (χ0) is 20.5. The SMILES string of the molecule is O=C(c1cccc(F)c1)N1CCN(c2ncnc3c2nnn3-c2ccccc2)CC1. The molecule has 3 heterocycles. The molecule has 1 aliphatic rings. The lowest BCUT2D eigenvalue weighted by molar-refractivity contribution is 0.0746. The highest BCUT2D eigenvalue weighted by atomic mass is 19.1. The van der Waals surface area contributed by atoms with Crippen molar-refractivity contribution in [2.24, 2.45) is 0 Å². The largest absolute Gasteiger partial charge is 0.351 e. The first kappa shape index (κ1) is 18.2. The van der Waals surface area contributed by atoms with Gasteiger partial charge in [0.1, 0.15) is 12.1 Å². The Morgan fingerprint density at radius 1 is 0.933 bits per heavy atom. The van der Waals surface area contributed by atoms with Gasteiger partial charge < -0.3 is 9.80 Å². The molecule has 8 nitrogen and oxygen atoms in total. The summed E-state index contributed by atoms with van der Waals surface area (Å²) in [5, 5.41) is 8.56. The summed E-state index contributed by atoms with van der Waals surface area (Å²) in [6, 6.07) is 15.5. The number of hydrogen-bond donors (Lipinski definition) is 0. The zero-order valence-electron chi connectivity index (χ0n) is 16.0. The number of rotatable bonds is 3. The molecule has 0 N–H and O–H groups in total. The quantitative estimate of drug-likeness (QED) is 0.522. The van der Waals surface area contributed by atoms with Crippen LogP contribution in [-0.4, -0.2) is 61.9 Å². The van der Waals surface area contributed by atoms with Crippen LogP contribution in [0.3, 0.4) is 0 Å². The minimum Gasteiger partial charge on any atom is -0.351 e.